The Kier molecular flexibility index (Phi) is 10.8. The lowest BCUT2D eigenvalue weighted by atomic mass is 9.99. The third kappa shape index (κ3) is 7.98. The van der Waals surface area contributed by atoms with E-state index < -0.39 is 0 Å². The van der Waals surface area contributed by atoms with Gasteiger partial charge in [0, 0.05) is 6.04 Å². The van der Waals surface area contributed by atoms with Gasteiger partial charge in [-0.3, -0.25) is 11.3 Å². The van der Waals surface area contributed by atoms with Gasteiger partial charge in [-0.15, -0.1) is 0 Å². The Bertz CT molecular complexity index is 349. The second kappa shape index (κ2) is 12.2. The summed E-state index contributed by atoms with van der Waals surface area (Å²) in [6.45, 7) is 4.45. The predicted octanol–water partition coefficient (Wildman–Crippen LogP) is 5.87. The van der Waals surface area contributed by atoms with Gasteiger partial charge in [0.25, 0.3) is 0 Å². The van der Waals surface area contributed by atoms with Gasteiger partial charge in [0.15, 0.2) is 0 Å². The third-order valence-electron chi connectivity index (χ3n) is 4.32. The molecule has 1 rings (SSSR count). The molecule has 2 nitrogen and oxygen atoms in total. The molecule has 0 aliphatic rings. The standard InChI is InChI=1S/C18H34N2S/c1-3-4-5-6-7-8-9-10-11-12-13-18(20-19)17-15-21-14-16(17)2/h14-15,18,20H,3-13,19H2,1-2H3. The summed E-state index contributed by atoms with van der Waals surface area (Å²) in [6.07, 6.45) is 15.0. The smallest absolute Gasteiger partial charge is 0.0470 e. The summed E-state index contributed by atoms with van der Waals surface area (Å²) >= 11 is 1.77. The Balaban J connectivity index is 1.99. The van der Waals surface area contributed by atoms with Crippen LogP contribution in [0.25, 0.3) is 0 Å². The Hall–Kier alpha value is -0.380. The molecule has 1 aromatic heterocycles. The van der Waals surface area contributed by atoms with Crippen molar-refractivity contribution in [3.8, 4) is 0 Å². The van der Waals surface area contributed by atoms with Crippen molar-refractivity contribution in [1.82, 2.24) is 5.43 Å². The topological polar surface area (TPSA) is 38.0 Å². The summed E-state index contributed by atoms with van der Waals surface area (Å²) in [4.78, 5) is 0. The summed E-state index contributed by atoms with van der Waals surface area (Å²) in [7, 11) is 0. The van der Waals surface area contributed by atoms with Crippen molar-refractivity contribution in [2.45, 2.75) is 90.5 Å². The normalized spacial score (nSPS) is 12.7. The zero-order chi connectivity index (χ0) is 15.3. The molecule has 0 aromatic carbocycles. The summed E-state index contributed by atoms with van der Waals surface area (Å²) < 4.78 is 0. The number of hydrogen-bond acceptors (Lipinski definition) is 3. The fourth-order valence-electron chi connectivity index (χ4n) is 2.89. The number of rotatable bonds is 13. The van der Waals surface area contributed by atoms with Crippen LogP contribution in [0.1, 0.15) is 94.7 Å². The van der Waals surface area contributed by atoms with Gasteiger partial charge in [-0.1, -0.05) is 71.1 Å². The molecule has 1 heterocycles. The van der Waals surface area contributed by atoms with E-state index in [1.165, 1.54) is 75.3 Å². The van der Waals surface area contributed by atoms with Crippen LogP contribution in [0.4, 0.5) is 0 Å². The van der Waals surface area contributed by atoms with E-state index in [1.54, 1.807) is 11.3 Å². The first-order chi connectivity index (χ1) is 10.3. The lowest BCUT2D eigenvalue weighted by Crippen LogP contribution is -2.28. The van der Waals surface area contributed by atoms with E-state index in [1.807, 2.05) is 0 Å². The lowest BCUT2D eigenvalue weighted by molar-refractivity contribution is 0.473. The van der Waals surface area contributed by atoms with Crippen molar-refractivity contribution in [2.75, 3.05) is 0 Å². The van der Waals surface area contributed by atoms with Crippen LogP contribution in [0.2, 0.25) is 0 Å². The molecule has 0 spiro atoms. The number of thiophene rings is 1. The van der Waals surface area contributed by atoms with Crippen molar-refractivity contribution in [3.63, 3.8) is 0 Å². The van der Waals surface area contributed by atoms with E-state index in [0.717, 1.165) is 6.42 Å². The van der Waals surface area contributed by atoms with Gasteiger partial charge in [-0.05, 0) is 35.2 Å². The molecule has 21 heavy (non-hydrogen) atoms. The van der Waals surface area contributed by atoms with Crippen LogP contribution in [0.3, 0.4) is 0 Å². The molecule has 3 N–H and O–H groups in total. The van der Waals surface area contributed by atoms with Crippen LogP contribution in [0.5, 0.6) is 0 Å². The largest absolute Gasteiger partial charge is 0.271 e. The fourth-order valence-corrected chi connectivity index (χ4v) is 3.80. The minimum Gasteiger partial charge on any atom is -0.271 e. The average molecular weight is 311 g/mol. The van der Waals surface area contributed by atoms with E-state index in [4.69, 9.17) is 5.84 Å². The maximum Gasteiger partial charge on any atom is 0.0470 e. The van der Waals surface area contributed by atoms with Gasteiger partial charge in [-0.2, -0.15) is 11.3 Å². The summed E-state index contributed by atoms with van der Waals surface area (Å²) in [6, 6.07) is 0.338. The number of unbranched alkanes of at least 4 members (excludes halogenated alkanes) is 9. The number of aryl methyl sites for hydroxylation is 1. The van der Waals surface area contributed by atoms with Gasteiger partial charge in [0.2, 0.25) is 0 Å². The molecule has 0 saturated heterocycles. The Morgan fingerprint density at radius 3 is 2.00 bits per heavy atom. The number of hydrazine groups is 1. The van der Waals surface area contributed by atoms with Gasteiger partial charge < -0.3 is 0 Å². The average Bonchev–Trinajstić information content (AvgIpc) is 2.91. The van der Waals surface area contributed by atoms with E-state index in [-0.39, 0.29) is 0 Å². The van der Waals surface area contributed by atoms with Crippen LogP contribution in [0.15, 0.2) is 10.8 Å². The molecule has 1 unspecified atom stereocenters. The maximum atomic E-state index is 5.71. The highest BCUT2D eigenvalue weighted by molar-refractivity contribution is 7.08. The molecule has 0 aliphatic heterocycles. The summed E-state index contributed by atoms with van der Waals surface area (Å²) in [5.41, 5.74) is 5.74. The van der Waals surface area contributed by atoms with Crippen molar-refractivity contribution in [2.24, 2.45) is 5.84 Å². The van der Waals surface area contributed by atoms with E-state index >= 15 is 0 Å². The molecule has 1 atom stereocenters. The van der Waals surface area contributed by atoms with E-state index in [0.29, 0.717) is 6.04 Å². The number of nitrogens with two attached hydrogens (primary N) is 1. The van der Waals surface area contributed by atoms with Crippen molar-refractivity contribution in [1.29, 1.82) is 0 Å². The fraction of sp³-hybridized carbons (Fsp3) is 0.778. The molecular formula is C18H34N2S. The van der Waals surface area contributed by atoms with E-state index in [2.05, 4.69) is 30.0 Å². The molecule has 0 radical (unpaired) electrons. The quantitative estimate of drug-likeness (QED) is 0.271. The van der Waals surface area contributed by atoms with Crippen molar-refractivity contribution < 1.29 is 0 Å². The molecule has 0 bridgehead atoms. The van der Waals surface area contributed by atoms with Crippen molar-refractivity contribution in [3.05, 3.63) is 21.9 Å². The highest BCUT2D eigenvalue weighted by Crippen LogP contribution is 2.25. The van der Waals surface area contributed by atoms with Crippen LogP contribution < -0.4 is 11.3 Å². The van der Waals surface area contributed by atoms with Crippen LogP contribution in [-0.2, 0) is 0 Å². The molecule has 1 aromatic rings. The highest BCUT2D eigenvalue weighted by Gasteiger charge is 2.12. The molecule has 0 aliphatic carbocycles. The SMILES string of the molecule is CCCCCCCCCCCCC(NN)c1cscc1C. The minimum atomic E-state index is 0.338. The molecule has 0 amide bonds. The Morgan fingerprint density at radius 1 is 0.952 bits per heavy atom. The molecule has 0 fully saturated rings. The summed E-state index contributed by atoms with van der Waals surface area (Å²) in [5.74, 6) is 5.71. The molecule has 122 valence electrons. The van der Waals surface area contributed by atoms with Gasteiger partial charge in [0.1, 0.15) is 0 Å². The zero-order valence-electron chi connectivity index (χ0n) is 14.0. The summed E-state index contributed by atoms with van der Waals surface area (Å²) in [5, 5.41) is 4.44. The second-order valence-electron chi connectivity index (χ2n) is 6.20. The minimum absolute atomic E-state index is 0.338. The van der Waals surface area contributed by atoms with Crippen molar-refractivity contribution >= 4 is 11.3 Å². The first-order valence-electron chi connectivity index (χ1n) is 8.78. The Morgan fingerprint density at radius 2 is 1.52 bits per heavy atom. The first kappa shape index (κ1) is 18.7. The Labute approximate surface area is 135 Å². The predicted molar refractivity (Wildman–Crippen MR) is 95.6 cm³/mol. The third-order valence-corrected chi connectivity index (χ3v) is 5.20. The van der Waals surface area contributed by atoms with Gasteiger partial charge >= 0.3 is 0 Å². The first-order valence-corrected chi connectivity index (χ1v) is 9.72. The van der Waals surface area contributed by atoms with Crippen LogP contribution in [-0.4, -0.2) is 0 Å². The number of nitrogens with one attached hydrogen (secondary N) is 1. The second-order valence-corrected chi connectivity index (χ2v) is 6.94. The monoisotopic (exact) mass is 310 g/mol. The molecular weight excluding hydrogens is 276 g/mol. The van der Waals surface area contributed by atoms with Gasteiger partial charge in [0.05, 0.1) is 0 Å². The van der Waals surface area contributed by atoms with Gasteiger partial charge in [-0.25, -0.2) is 0 Å². The number of hydrogen-bond donors (Lipinski definition) is 2. The highest BCUT2D eigenvalue weighted by atomic mass is 32.1. The molecule has 3 heteroatoms. The molecule has 0 saturated carbocycles. The maximum absolute atomic E-state index is 5.71. The van der Waals surface area contributed by atoms with Crippen LogP contribution in [0, 0.1) is 6.92 Å². The zero-order valence-corrected chi connectivity index (χ0v) is 14.8. The lowest BCUT2D eigenvalue weighted by Gasteiger charge is -2.15. The van der Waals surface area contributed by atoms with Crippen LogP contribution >= 0.6 is 11.3 Å². The van der Waals surface area contributed by atoms with E-state index in [9.17, 15) is 0 Å².